The van der Waals surface area contributed by atoms with Crippen LogP contribution in [0.15, 0.2) is 72.0 Å². The maximum absolute atomic E-state index is 12.6. The molecule has 0 spiro atoms. The third-order valence-electron chi connectivity index (χ3n) is 5.86. The second-order valence-electron chi connectivity index (χ2n) is 7.73. The Kier molecular flexibility index (Phi) is 6.13. The van der Waals surface area contributed by atoms with Gasteiger partial charge in [-0.2, -0.15) is 0 Å². The largest absolute Gasteiger partial charge is 0.480 e. The van der Waals surface area contributed by atoms with Crippen molar-refractivity contribution in [2.24, 2.45) is 4.99 Å². The van der Waals surface area contributed by atoms with Gasteiger partial charge in [0.25, 0.3) is 0 Å². The molecule has 0 saturated heterocycles. The number of carboxylic acid groups (broad SMARTS) is 1. The highest BCUT2D eigenvalue weighted by molar-refractivity contribution is 5.86. The minimum atomic E-state index is -1.11. The lowest BCUT2D eigenvalue weighted by atomic mass is 9.71. The normalized spacial score (nSPS) is 15.7. The van der Waals surface area contributed by atoms with Crippen LogP contribution in [0.3, 0.4) is 0 Å². The molecular formula is C24H26N4O3. The summed E-state index contributed by atoms with van der Waals surface area (Å²) >= 11 is 0. The van der Waals surface area contributed by atoms with E-state index in [1.54, 1.807) is 12.7 Å². The van der Waals surface area contributed by atoms with Crippen LogP contribution < -0.4 is 5.32 Å². The first-order valence-corrected chi connectivity index (χ1v) is 10.5. The van der Waals surface area contributed by atoms with Crippen molar-refractivity contribution in [1.82, 2.24) is 9.55 Å². The Hall–Kier alpha value is -3.45. The molecular weight excluding hydrogens is 392 g/mol. The average Bonchev–Trinajstić information content (AvgIpc) is 3.11. The van der Waals surface area contributed by atoms with Gasteiger partial charge in [-0.25, -0.2) is 4.98 Å². The molecule has 2 heterocycles. The fourth-order valence-corrected chi connectivity index (χ4v) is 4.30. The number of aliphatic hydroxyl groups is 1. The predicted octanol–water partition coefficient (Wildman–Crippen LogP) is 3.61. The number of hydrogen-bond donors (Lipinski definition) is 3. The number of hydrogen-bond acceptors (Lipinski definition) is 5. The Morgan fingerprint density at radius 3 is 2.32 bits per heavy atom. The van der Waals surface area contributed by atoms with Crippen LogP contribution >= 0.6 is 0 Å². The molecule has 1 aliphatic heterocycles. The van der Waals surface area contributed by atoms with Gasteiger partial charge < -0.3 is 20.1 Å². The molecule has 2 aromatic carbocycles. The van der Waals surface area contributed by atoms with Crippen molar-refractivity contribution in [2.75, 3.05) is 11.9 Å². The molecule has 0 fully saturated rings. The van der Waals surface area contributed by atoms with Crippen LogP contribution in [-0.4, -0.2) is 38.6 Å². The summed E-state index contributed by atoms with van der Waals surface area (Å²) in [6, 6.07) is 18.9. The molecule has 31 heavy (non-hydrogen) atoms. The highest BCUT2D eigenvalue weighted by Crippen LogP contribution is 2.38. The molecule has 4 rings (SSSR count). The Morgan fingerprint density at radius 1 is 1.06 bits per heavy atom. The van der Waals surface area contributed by atoms with Crippen LogP contribution in [0.1, 0.15) is 42.2 Å². The van der Waals surface area contributed by atoms with E-state index < -0.39 is 17.5 Å². The minimum Gasteiger partial charge on any atom is -0.480 e. The standard InChI is InChI=1S/C24H26N4O3/c29-20-15-25-16-26-22-21(20)28(17-27-22)14-8-7-13-24(23(30)31,18-9-3-1-4-10-18)19-11-5-2-6-12-19/h1-6,9-12,16-17,20,29H,7-8,13-15H2,(H,25,26)(H,30,31). The number of imidazole rings is 1. The van der Waals surface area contributed by atoms with Crippen LogP contribution in [0, 0.1) is 0 Å². The Balaban J connectivity index is 1.53. The van der Waals surface area contributed by atoms with Gasteiger partial charge in [0.15, 0.2) is 5.82 Å². The number of nitrogens with zero attached hydrogens (tertiary/aromatic N) is 3. The molecule has 1 unspecified atom stereocenters. The lowest BCUT2D eigenvalue weighted by Crippen LogP contribution is -2.37. The molecule has 0 bridgehead atoms. The van der Waals surface area contributed by atoms with Crippen molar-refractivity contribution in [1.29, 1.82) is 0 Å². The number of aliphatic imine (C=N–C) groups is 1. The number of aryl methyl sites for hydroxylation is 1. The number of nitrogens with one attached hydrogen (secondary N) is 1. The summed E-state index contributed by atoms with van der Waals surface area (Å²) in [4.78, 5) is 21.1. The van der Waals surface area contributed by atoms with Crippen LogP contribution in [0.25, 0.3) is 0 Å². The van der Waals surface area contributed by atoms with E-state index >= 15 is 0 Å². The Bertz CT molecular complexity index is 1010. The van der Waals surface area contributed by atoms with Gasteiger partial charge in [0.2, 0.25) is 0 Å². The van der Waals surface area contributed by atoms with E-state index in [-0.39, 0.29) is 6.54 Å². The minimum absolute atomic E-state index is 0.288. The van der Waals surface area contributed by atoms with Gasteiger partial charge in [-0.3, -0.25) is 9.79 Å². The number of anilines is 1. The van der Waals surface area contributed by atoms with Crippen LogP contribution in [-0.2, 0) is 16.8 Å². The zero-order chi connectivity index (χ0) is 21.7. The van der Waals surface area contributed by atoms with Crippen molar-refractivity contribution in [3.63, 3.8) is 0 Å². The van der Waals surface area contributed by atoms with Gasteiger partial charge in [-0.05, 0) is 30.4 Å². The molecule has 160 valence electrons. The molecule has 0 amide bonds. The highest BCUT2D eigenvalue weighted by Gasteiger charge is 2.41. The van der Waals surface area contributed by atoms with Crippen molar-refractivity contribution in [2.45, 2.75) is 37.3 Å². The average molecular weight is 418 g/mol. The number of aromatic nitrogens is 2. The second-order valence-corrected chi connectivity index (χ2v) is 7.73. The molecule has 0 radical (unpaired) electrons. The van der Waals surface area contributed by atoms with E-state index in [2.05, 4.69) is 15.3 Å². The summed E-state index contributed by atoms with van der Waals surface area (Å²) in [6.45, 7) is 0.927. The first kappa shape index (κ1) is 20.8. The fourth-order valence-electron chi connectivity index (χ4n) is 4.30. The maximum Gasteiger partial charge on any atom is 0.318 e. The van der Waals surface area contributed by atoms with Crippen LogP contribution in [0.4, 0.5) is 5.82 Å². The number of unbranched alkanes of at least 4 members (excludes halogenated alkanes) is 1. The zero-order valence-corrected chi connectivity index (χ0v) is 17.2. The van der Waals surface area contributed by atoms with E-state index in [0.29, 0.717) is 30.9 Å². The van der Waals surface area contributed by atoms with E-state index in [1.165, 1.54) is 0 Å². The van der Waals surface area contributed by atoms with E-state index in [4.69, 9.17) is 0 Å². The lowest BCUT2D eigenvalue weighted by Gasteiger charge is -2.31. The first-order chi connectivity index (χ1) is 15.1. The predicted molar refractivity (Wildman–Crippen MR) is 119 cm³/mol. The molecule has 7 heteroatoms. The van der Waals surface area contributed by atoms with Crippen molar-refractivity contribution < 1.29 is 15.0 Å². The van der Waals surface area contributed by atoms with Crippen molar-refractivity contribution >= 4 is 18.1 Å². The van der Waals surface area contributed by atoms with Gasteiger partial charge in [-0.15, -0.1) is 0 Å². The summed E-state index contributed by atoms with van der Waals surface area (Å²) in [5.41, 5.74) is 1.17. The summed E-state index contributed by atoms with van der Waals surface area (Å²) in [5.74, 6) is -0.236. The number of carboxylic acids is 1. The number of aliphatic carboxylic acids is 1. The molecule has 3 N–H and O–H groups in total. The number of fused-ring (bicyclic) bond motifs is 1. The summed E-state index contributed by atoms with van der Waals surface area (Å²) in [7, 11) is 0. The SMILES string of the molecule is O=C(O)C(CCCCn1cnc2c1C(O)CN=CN2)(c1ccccc1)c1ccccc1. The first-order valence-electron chi connectivity index (χ1n) is 10.5. The molecule has 3 aromatic rings. The third kappa shape index (κ3) is 4.09. The Morgan fingerprint density at radius 2 is 1.71 bits per heavy atom. The van der Waals surface area contributed by atoms with Crippen LogP contribution in [0.5, 0.6) is 0 Å². The van der Waals surface area contributed by atoms with Gasteiger partial charge in [-0.1, -0.05) is 60.7 Å². The second kappa shape index (κ2) is 9.14. The number of carbonyl (C=O) groups is 1. The summed E-state index contributed by atoms with van der Waals surface area (Å²) < 4.78 is 1.93. The van der Waals surface area contributed by atoms with E-state index in [0.717, 1.165) is 17.5 Å². The number of rotatable bonds is 8. The topological polar surface area (TPSA) is 99.7 Å². The highest BCUT2D eigenvalue weighted by atomic mass is 16.4. The smallest absolute Gasteiger partial charge is 0.318 e. The van der Waals surface area contributed by atoms with Gasteiger partial charge >= 0.3 is 5.97 Å². The summed E-state index contributed by atoms with van der Waals surface area (Å²) in [6.07, 6.45) is 4.47. The third-order valence-corrected chi connectivity index (χ3v) is 5.86. The molecule has 1 aliphatic rings. The van der Waals surface area contributed by atoms with Gasteiger partial charge in [0.05, 0.1) is 24.9 Å². The van der Waals surface area contributed by atoms with Crippen molar-refractivity contribution in [3.8, 4) is 0 Å². The molecule has 0 saturated carbocycles. The zero-order valence-electron chi connectivity index (χ0n) is 17.2. The molecule has 1 aromatic heterocycles. The summed E-state index contributed by atoms with van der Waals surface area (Å²) in [5, 5.41) is 23.7. The lowest BCUT2D eigenvalue weighted by molar-refractivity contribution is -0.142. The van der Waals surface area contributed by atoms with Crippen LogP contribution in [0.2, 0.25) is 0 Å². The molecule has 1 atom stereocenters. The van der Waals surface area contributed by atoms with E-state index in [9.17, 15) is 15.0 Å². The number of aliphatic hydroxyl groups excluding tert-OH is 1. The Labute approximate surface area is 181 Å². The molecule has 7 nitrogen and oxygen atoms in total. The fraction of sp³-hybridized carbons (Fsp3) is 0.292. The number of benzene rings is 2. The monoisotopic (exact) mass is 418 g/mol. The van der Waals surface area contributed by atoms with Gasteiger partial charge in [0, 0.05) is 6.54 Å². The maximum atomic E-state index is 12.6. The van der Waals surface area contributed by atoms with Crippen molar-refractivity contribution in [3.05, 3.63) is 83.8 Å². The van der Waals surface area contributed by atoms with Gasteiger partial charge in [0.1, 0.15) is 11.5 Å². The molecule has 0 aliphatic carbocycles. The van der Waals surface area contributed by atoms with E-state index in [1.807, 2.05) is 65.2 Å². The quantitative estimate of drug-likeness (QED) is 0.485.